The van der Waals surface area contributed by atoms with Crippen LogP contribution >= 0.6 is 0 Å². The highest BCUT2D eigenvalue weighted by atomic mass is 16.5. The van der Waals surface area contributed by atoms with Gasteiger partial charge in [0.15, 0.2) is 0 Å². The molecule has 0 saturated carbocycles. The molecule has 1 N–H and O–H groups in total. The molecule has 1 rings (SSSR count). The molecule has 0 aromatic carbocycles. The van der Waals surface area contributed by atoms with Crippen LogP contribution in [0.1, 0.15) is 19.8 Å². The van der Waals surface area contributed by atoms with E-state index in [9.17, 15) is 4.79 Å². The Morgan fingerprint density at radius 3 is 2.67 bits per heavy atom. The molecule has 0 amide bonds. The molecule has 0 radical (unpaired) electrons. The van der Waals surface area contributed by atoms with Gasteiger partial charge in [0, 0.05) is 6.54 Å². The molecule has 1 fully saturated rings. The molecule has 88 valence electrons. The van der Waals surface area contributed by atoms with E-state index in [0.717, 1.165) is 19.6 Å². The summed E-state index contributed by atoms with van der Waals surface area (Å²) in [5, 5.41) is 3.34. The van der Waals surface area contributed by atoms with Crippen molar-refractivity contribution in [2.24, 2.45) is 5.92 Å². The van der Waals surface area contributed by atoms with Gasteiger partial charge in [0.25, 0.3) is 0 Å². The topological polar surface area (TPSA) is 41.6 Å². The van der Waals surface area contributed by atoms with Crippen LogP contribution in [0.4, 0.5) is 0 Å². The summed E-state index contributed by atoms with van der Waals surface area (Å²) >= 11 is 0. The lowest BCUT2D eigenvalue weighted by molar-refractivity contribution is -0.146. The van der Waals surface area contributed by atoms with E-state index in [1.165, 1.54) is 20.0 Å². The first kappa shape index (κ1) is 12.5. The number of hydrogen-bond acceptors (Lipinski definition) is 4. The molecule has 4 heteroatoms. The Morgan fingerprint density at radius 1 is 1.53 bits per heavy atom. The first-order chi connectivity index (χ1) is 7.15. The van der Waals surface area contributed by atoms with Gasteiger partial charge in [-0.1, -0.05) is 0 Å². The standard InChI is InChI=1S/C11H22N2O2/c1-9(11(14)15-3)13(2)8-10-4-6-12-7-5-10/h9-10,12H,4-8H2,1-3H3. The molecule has 1 aliphatic rings. The first-order valence-corrected chi connectivity index (χ1v) is 5.64. The van der Waals surface area contributed by atoms with Crippen molar-refractivity contribution in [1.82, 2.24) is 10.2 Å². The highest BCUT2D eigenvalue weighted by molar-refractivity contribution is 5.75. The highest BCUT2D eigenvalue weighted by Gasteiger charge is 2.22. The summed E-state index contributed by atoms with van der Waals surface area (Å²) in [5.41, 5.74) is 0. The van der Waals surface area contributed by atoms with Crippen LogP contribution in [-0.4, -0.2) is 50.7 Å². The zero-order chi connectivity index (χ0) is 11.3. The second-order valence-electron chi connectivity index (χ2n) is 4.33. The van der Waals surface area contributed by atoms with E-state index in [4.69, 9.17) is 4.74 Å². The van der Waals surface area contributed by atoms with Gasteiger partial charge in [-0.15, -0.1) is 0 Å². The van der Waals surface area contributed by atoms with Crippen molar-refractivity contribution >= 4 is 5.97 Å². The van der Waals surface area contributed by atoms with E-state index in [-0.39, 0.29) is 12.0 Å². The van der Waals surface area contributed by atoms with E-state index in [1.807, 2.05) is 14.0 Å². The van der Waals surface area contributed by atoms with Gasteiger partial charge >= 0.3 is 5.97 Å². The van der Waals surface area contributed by atoms with Crippen LogP contribution in [0.15, 0.2) is 0 Å². The summed E-state index contributed by atoms with van der Waals surface area (Å²) in [6.07, 6.45) is 2.41. The van der Waals surface area contributed by atoms with Crippen molar-refractivity contribution in [3.05, 3.63) is 0 Å². The molecule has 1 saturated heterocycles. The fourth-order valence-electron chi connectivity index (χ4n) is 1.98. The number of carbonyl (C=O) groups excluding carboxylic acids is 1. The number of methoxy groups -OCH3 is 1. The third-order valence-corrected chi connectivity index (χ3v) is 3.21. The van der Waals surface area contributed by atoms with Gasteiger partial charge in [-0.3, -0.25) is 9.69 Å². The van der Waals surface area contributed by atoms with E-state index < -0.39 is 0 Å². The highest BCUT2D eigenvalue weighted by Crippen LogP contribution is 2.14. The zero-order valence-electron chi connectivity index (χ0n) is 9.95. The minimum absolute atomic E-state index is 0.134. The average Bonchev–Trinajstić information content (AvgIpc) is 2.28. The Labute approximate surface area is 92.0 Å². The molecule has 0 aliphatic carbocycles. The van der Waals surface area contributed by atoms with E-state index >= 15 is 0 Å². The van der Waals surface area contributed by atoms with Crippen LogP contribution in [0.25, 0.3) is 0 Å². The fourth-order valence-corrected chi connectivity index (χ4v) is 1.98. The normalized spacial score (nSPS) is 20.3. The van der Waals surface area contributed by atoms with Crippen LogP contribution in [-0.2, 0) is 9.53 Å². The summed E-state index contributed by atoms with van der Waals surface area (Å²) in [6, 6.07) is -0.134. The molecule has 1 heterocycles. The van der Waals surface area contributed by atoms with Gasteiger partial charge in [0.05, 0.1) is 7.11 Å². The smallest absolute Gasteiger partial charge is 0.322 e. The van der Waals surface area contributed by atoms with Crippen LogP contribution < -0.4 is 5.32 Å². The molecular formula is C11H22N2O2. The maximum Gasteiger partial charge on any atom is 0.322 e. The number of likely N-dealkylation sites (N-methyl/N-ethyl adjacent to an activating group) is 1. The maximum atomic E-state index is 11.3. The van der Waals surface area contributed by atoms with Crippen LogP contribution in [0.2, 0.25) is 0 Å². The number of rotatable bonds is 4. The SMILES string of the molecule is COC(=O)C(C)N(C)CC1CCNCC1. The zero-order valence-corrected chi connectivity index (χ0v) is 9.95. The molecule has 1 aliphatic heterocycles. The predicted octanol–water partition coefficient (Wildman–Crippen LogP) is 0.479. The number of piperidine rings is 1. The molecular weight excluding hydrogens is 192 g/mol. The molecule has 0 bridgehead atoms. The van der Waals surface area contributed by atoms with Gasteiger partial charge in [-0.05, 0) is 45.8 Å². The first-order valence-electron chi connectivity index (χ1n) is 5.64. The van der Waals surface area contributed by atoms with Gasteiger partial charge in [0.1, 0.15) is 6.04 Å². The van der Waals surface area contributed by atoms with E-state index in [0.29, 0.717) is 5.92 Å². The van der Waals surface area contributed by atoms with Crippen molar-refractivity contribution in [2.45, 2.75) is 25.8 Å². The number of carbonyl (C=O) groups is 1. The Kier molecular flexibility index (Phi) is 5.05. The summed E-state index contributed by atoms with van der Waals surface area (Å²) in [7, 11) is 3.43. The van der Waals surface area contributed by atoms with Crippen LogP contribution in [0.3, 0.4) is 0 Å². The largest absolute Gasteiger partial charge is 0.468 e. The minimum Gasteiger partial charge on any atom is -0.468 e. The van der Waals surface area contributed by atoms with Crippen molar-refractivity contribution < 1.29 is 9.53 Å². The maximum absolute atomic E-state index is 11.3. The third-order valence-electron chi connectivity index (χ3n) is 3.21. The minimum atomic E-state index is -0.147. The molecule has 0 aromatic rings. The molecule has 1 unspecified atom stereocenters. The van der Waals surface area contributed by atoms with Crippen molar-refractivity contribution in [3.8, 4) is 0 Å². The van der Waals surface area contributed by atoms with Gasteiger partial charge in [-0.25, -0.2) is 0 Å². The summed E-state index contributed by atoms with van der Waals surface area (Å²) in [6.45, 7) is 5.08. The molecule has 4 nitrogen and oxygen atoms in total. The monoisotopic (exact) mass is 214 g/mol. The Hall–Kier alpha value is -0.610. The fraction of sp³-hybridized carbons (Fsp3) is 0.909. The lowest BCUT2D eigenvalue weighted by atomic mass is 9.97. The number of hydrogen-bond donors (Lipinski definition) is 1. The predicted molar refractivity (Wildman–Crippen MR) is 59.7 cm³/mol. The van der Waals surface area contributed by atoms with Crippen LogP contribution in [0.5, 0.6) is 0 Å². The third kappa shape index (κ3) is 3.80. The second kappa shape index (κ2) is 6.08. The number of ether oxygens (including phenoxy) is 1. The lowest BCUT2D eigenvalue weighted by Crippen LogP contribution is -2.42. The Bertz CT molecular complexity index is 203. The summed E-state index contributed by atoms with van der Waals surface area (Å²) in [4.78, 5) is 13.4. The van der Waals surface area contributed by atoms with E-state index in [1.54, 1.807) is 0 Å². The second-order valence-corrected chi connectivity index (χ2v) is 4.33. The number of esters is 1. The Balaban J connectivity index is 2.32. The quantitative estimate of drug-likeness (QED) is 0.691. The van der Waals surface area contributed by atoms with Crippen molar-refractivity contribution in [1.29, 1.82) is 0 Å². The van der Waals surface area contributed by atoms with E-state index in [2.05, 4.69) is 10.2 Å². The van der Waals surface area contributed by atoms with Crippen molar-refractivity contribution in [2.75, 3.05) is 33.8 Å². The number of nitrogens with one attached hydrogen (secondary N) is 1. The molecule has 15 heavy (non-hydrogen) atoms. The average molecular weight is 214 g/mol. The van der Waals surface area contributed by atoms with Gasteiger partial charge in [-0.2, -0.15) is 0 Å². The van der Waals surface area contributed by atoms with Gasteiger partial charge in [0.2, 0.25) is 0 Å². The van der Waals surface area contributed by atoms with Gasteiger partial charge < -0.3 is 10.1 Å². The lowest BCUT2D eigenvalue weighted by Gasteiger charge is -2.29. The number of nitrogens with zero attached hydrogens (tertiary/aromatic N) is 1. The summed E-state index contributed by atoms with van der Waals surface area (Å²) < 4.78 is 4.73. The molecule has 0 spiro atoms. The molecule has 1 atom stereocenters. The Morgan fingerprint density at radius 2 is 2.13 bits per heavy atom. The molecule has 0 aromatic heterocycles. The summed E-state index contributed by atoms with van der Waals surface area (Å²) in [5.74, 6) is 0.565. The van der Waals surface area contributed by atoms with Crippen molar-refractivity contribution in [3.63, 3.8) is 0 Å². The van der Waals surface area contributed by atoms with Crippen LogP contribution in [0, 0.1) is 5.92 Å².